The summed E-state index contributed by atoms with van der Waals surface area (Å²) >= 11 is 0. The summed E-state index contributed by atoms with van der Waals surface area (Å²) in [4.78, 5) is 37.1. The number of imidazole rings is 1. The van der Waals surface area contributed by atoms with Gasteiger partial charge in [-0.15, -0.1) is 0 Å². The molecule has 3 aliphatic rings. The molecule has 1 aliphatic carbocycles. The number of carbonyl (C=O) groups excluding carboxylic acids is 2. The number of piperidine rings is 1. The molecule has 0 spiro atoms. The van der Waals surface area contributed by atoms with Gasteiger partial charge < -0.3 is 20.1 Å². The number of halogens is 4. The molecule has 3 fully saturated rings. The number of rotatable bonds is 6. The first-order valence-corrected chi connectivity index (χ1v) is 14.6. The highest BCUT2D eigenvalue weighted by Gasteiger charge is 2.43. The summed E-state index contributed by atoms with van der Waals surface area (Å²) in [6, 6.07) is -1.49. The molecule has 3 aromatic heterocycles. The van der Waals surface area contributed by atoms with E-state index in [0.717, 1.165) is 0 Å². The van der Waals surface area contributed by atoms with Crippen LogP contribution in [0.2, 0.25) is 0 Å². The number of hydrogen-bond acceptors (Lipinski definition) is 10. The SMILES string of the molecule is Cc1nonc1C(=O)N[C@H](c1cn2ncc([C@H]3C[C@@H](O)CCN3C(=O)[C@@H]3CCC(F)(F)CO3)nc2n1)C1CCC(F)(F)CC1. The number of aliphatic hydroxyl groups excluding tert-OH is 1. The average Bonchev–Trinajstić information content (AvgIpc) is 3.61. The third-order valence-corrected chi connectivity index (χ3v) is 8.68. The first kappa shape index (κ1) is 30.3. The van der Waals surface area contributed by atoms with Crippen molar-refractivity contribution in [2.24, 2.45) is 5.92 Å². The van der Waals surface area contributed by atoms with Crippen molar-refractivity contribution in [1.82, 2.24) is 40.1 Å². The number of carbonyl (C=O) groups is 2. The molecule has 2 N–H and O–H groups in total. The Morgan fingerprint density at radius 1 is 1.07 bits per heavy atom. The molecule has 0 radical (unpaired) electrons. The number of hydrogen-bond donors (Lipinski definition) is 2. The number of amides is 2. The molecular formula is C27H32F4N8O5. The molecule has 6 rings (SSSR count). The van der Waals surface area contributed by atoms with Crippen molar-refractivity contribution in [1.29, 1.82) is 0 Å². The Bertz CT molecular complexity index is 1510. The van der Waals surface area contributed by atoms with Crippen LogP contribution >= 0.6 is 0 Å². The summed E-state index contributed by atoms with van der Waals surface area (Å²) in [6.07, 6.45) is 0.682. The lowest BCUT2D eigenvalue weighted by Gasteiger charge is -2.40. The molecule has 2 aliphatic heterocycles. The van der Waals surface area contributed by atoms with Crippen LogP contribution in [0.5, 0.6) is 0 Å². The van der Waals surface area contributed by atoms with Gasteiger partial charge in [0.15, 0.2) is 5.69 Å². The smallest absolute Gasteiger partial charge is 0.276 e. The first-order valence-electron chi connectivity index (χ1n) is 14.6. The fourth-order valence-corrected chi connectivity index (χ4v) is 6.18. The summed E-state index contributed by atoms with van der Waals surface area (Å²) in [7, 11) is 0. The average molecular weight is 625 g/mol. The lowest BCUT2D eigenvalue weighted by molar-refractivity contribution is -0.174. The van der Waals surface area contributed by atoms with E-state index in [-0.39, 0.29) is 68.2 Å². The molecule has 1 saturated carbocycles. The van der Waals surface area contributed by atoms with Crippen molar-refractivity contribution < 1.29 is 41.6 Å². The van der Waals surface area contributed by atoms with Gasteiger partial charge in [-0.3, -0.25) is 9.59 Å². The van der Waals surface area contributed by atoms with Gasteiger partial charge in [0.1, 0.15) is 18.4 Å². The number of alkyl halides is 4. The maximum absolute atomic E-state index is 14.0. The Morgan fingerprint density at radius 3 is 2.50 bits per heavy atom. The van der Waals surface area contributed by atoms with E-state index in [9.17, 15) is 32.3 Å². The van der Waals surface area contributed by atoms with E-state index in [0.29, 0.717) is 17.8 Å². The highest BCUT2D eigenvalue weighted by Crippen LogP contribution is 2.41. The van der Waals surface area contributed by atoms with Gasteiger partial charge in [0, 0.05) is 25.8 Å². The van der Waals surface area contributed by atoms with Crippen molar-refractivity contribution >= 4 is 17.6 Å². The number of aryl methyl sites for hydroxylation is 1. The third kappa shape index (κ3) is 6.24. The van der Waals surface area contributed by atoms with E-state index in [2.05, 4.69) is 35.3 Å². The number of fused-ring (bicyclic) bond motifs is 1. The molecule has 0 aromatic carbocycles. The minimum atomic E-state index is -2.98. The zero-order chi connectivity index (χ0) is 31.2. The summed E-state index contributed by atoms with van der Waals surface area (Å²) in [5.74, 6) is -7.07. The molecule has 0 bridgehead atoms. The fraction of sp³-hybridized carbons (Fsp3) is 0.667. The fourth-order valence-electron chi connectivity index (χ4n) is 6.18. The molecule has 2 saturated heterocycles. The normalized spacial score (nSPS) is 26.4. The van der Waals surface area contributed by atoms with Gasteiger partial charge >= 0.3 is 0 Å². The van der Waals surface area contributed by atoms with Gasteiger partial charge in [-0.1, -0.05) is 5.16 Å². The number of nitrogens with zero attached hydrogens (tertiary/aromatic N) is 7. The van der Waals surface area contributed by atoms with Crippen molar-refractivity contribution in [2.75, 3.05) is 13.2 Å². The van der Waals surface area contributed by atoms with Crippen molar-refractivity contribution in [3.8, 4) is 0 Å². The molecule has 0 unspecified atom stereocenters. The van der Waals surface area contributed by atoms with Crippen molar-refractivity contribution in [3.05, 3.63) is 35.2 Å². The van der Waals surface area contributed by atoms with Crippen LogP contribution in [-0.2, 0) is 9.53 Å². The lowest BCUT2D eigenvalue weighted by Crippen LogP contribution is -2.50. The van der Waals surface area contributed by atoms with E-state index < -0.39 is 61.0 Å². The molecular weight excluding hydrogens is 592 g/mol. The van der Waals surface area contributed by atoms with Gasteiger partial charge in [0.05, 0.1) is 42.0 Å². The van der Waals surface area contributed by atoms with Gasteiger partial charge in [-0.2, -0.15) is 5.10 Å². The Morgan fingerprint density at radius 2 is 1.82 bits per heavy atom. The van der Waals surface area contributed by atoms with Crippen molar-refractivity contribution in [2.45, 2.75) is 94.4 Å². The topological polar surface area (TPSA) is 161 Å². The molecule has 5 heterocycles. The van der Waals surface area contributed by atoms with Gasteiger partial charge in [0.25, 0.3) is 23.5 Å². The van der Waals surface area contributed by atoms with Crippen LogP contribution in [0.4, 0.5) is 17.6 Å². The van der Waals surface area contributed by atoms with Crippen LogP contribution in [0.3, 0.4) is 0 Å². The van der Waals surface area contributed by atoms with E-state index >= 15 is 0 Å². The first-order chi connectivity index (χ1) is 20.9. The molecule has 4 atom stereocenters. The van der Waals surface area contributed by atoms with Crippen LogP contribution in [0.15, 0.2) is 17.0 Å². The summed E-state index contributed by atoms with van der Waals surface area (Å²) < 4.78 is 66.4. The largest absolute Gasteiger partial charge is 0.393 e. The monoisotopic (exact) mass is 624 g/mol. The summed E-state index contributed by atoms with van der Waals surface area (Å²) in [6.45, 7) is 0.883. The minimum absolute atomic E-state index is 0.0373. The lowest BCUT2D eigenvalue weighted by atomic mass is 9.81. The number of aliphatic hydroxyl groups is 1. The second-order valence-electron chi connectivity index (χ2n) is 11.9. The van der Waals surface area contributed by atoms with E-state index in [1.807, 2.05) is 0 Å². The Kier molecular flexibility index (Phi) is 8.02. The van der Waals surface area contributed by atoms with Gasteiger partial charge in [-0.05, 0) is 50.1 Å². The highest BCUT2D eigenvalue weighted by molar-refractivity contribution is 5.93. The van der Waals surface area contributed by atoms with E-state index in [1.165, 1.54) is 15.6 Å². The van der Waals surface area contributed by atoms with Gasteiger partial charge in [-0.25, -0.2) is 36.7 Å². The maximum atomic E-state index is 14.0. The Labute approximate surface area is 248 Å². The highest BCUT2D eigenvalue weighted by atomic mass is 19.3. The molecule has 2 amide bonds. The zero-order valence-corrected chi connectivity index (χ0v) is 23.8. The second-order valence-corrected chi connectivity index (χ2v) is 11.9. The zero-order valence-electron chi connectivity index (χ0n) is 23.8. The van der Waals surface area contributed by atoms with Crippen LogP contribution in [-0.4, -0.2) is 88.9 Å². The maximum Gasteiger partial charge on any atom is 0.276 e. The Hall–Kier alpha value is -3.73. The van der Waals surface area contributed by atoms with E-state index in [4.69, 9.17) is 4.74 Å². The predicted octanol–water partition coefficient (Wildman–Crippen LogP) is 2.95. The second kappa shape index (κ2) is 11.6. The summed E-state index contributed by atoms with van der Waals surface area (Å²) in [5, 5.41) is 24.9. The molecule has 44 heavy (non-hydrogen) atoms. The van der Waals surface area contributed by atoms with Crippen LogP contribution in [0.1, 0.15) is 91.0 Å². The van der Waals surface area contributed by atoms with E-state index in [1.54, 1.807) is 13.1 Å². The third-order valence-electron chi connectivity index (χ3n) is 8.68. The predicted molar refractivity (Wildman–Crippen MR) is 141 cm³/mol. The standard InChI is InChI=1S/C27H32F4N8O5/c1-14-21(37-44-36-14)23(41)35-22(15-2-6-26(28,29)7-3-15)18-12-39-25(34-18)33-17(11-32-39)19-10-16(40)5-9-38(19)24(42)20-4-8-27(30,31)13-43-20/h11-12,15-16,19-20,22,40H,2-10,13H2,1H3,(H,35,41)/t16-,19+,20-,22-/m0/s1. The van der Waals surface area contributed by atoms with Crippen LogP contribution in [0, 0.1) is 12.8 Å². The number of ether oxygens (including phenoxy) is 1. The quantitative estimate of drug-likeness (QED) is 0.390. The Balaban J connectivity index is 1.27. The van der Waals surface area contributed by atoms with Crippen LogP contribution < -0.4 is 5.32 Å². The molecule has 17 heteroatoms. The minimum Gasteiger partial charge on any atom is -0.393 e. The van der Waals surface area contributed by atoms with Crippen LogP contribution in [0.25, 0.3) is 5.78 Å². The molecule has 13 nitrogen and oxygen atoms in total. The summed E-state index contributed by atoms with van der Waals surface area (Å²) in [5.41, 5.74) is 0.892. The number of aromatic nitrogens is 6. The number of likely N-dealkylation sites (tertiary alicyclic amines) is 1. The molecule has 238 valence electrons. The van der Waals surface area contributed by atoms with Crippen molar-refractivity contribution in [3.63, 3.8) is 0 Å². The van der Waals surface area contributed by atoms with Gasteiger partial charge in [0.2, 0.25) is 5.92 Å². The number of nitrogens with one attached hydrogen (secondary N) is 1. The molecule has 3 aromatic rings.